The van der Waals surface area contributed by atoms with Crippen molar-refractivity contribution < 1.29 is 14.3 Å². The normalized spacial score (nSPS) is 11.4. The molecule has 0 bridgehead atoms. The number of fused-ring (bicyclic) bond motifs is 1. The number of carbonyl (C=O) groups is 1. The molecule has 0 saturated heterocycles. The summed E-state index contributed by atoms with van der Waals surface area (Å²) in [6.07, 6.45) is 0. The first-order chi connectivity index (χ1) is 8.93. The topological polar surface area (TPSA) is 35.5 Å². The number of benzene rings is 2. The van der Waals surface area contributed by atoms with E-state index >= 15 is 0 Å². The van der Waals surface area contributed by atoms with E-state index in [2.05, 4.69) is 0 Å². The first-order valence-electron chi connectivity index (χ1n) is 6.21. The average molecular weight is 258 g/mol. The summed E-state index contributed by atoms with van der Waals surface area (Å²) in [4.78, 5) is 12.0. The van der Waals surface area contributed by atoms with Gasteiger partial charge in [-0.2, -0.15) is 0 Å². The Balaban J connectivity index is 2.48. The zero-order valence-corrected chi connectivity index (χ0v) is 11.7. The van der Waals surface area contributed by atoms with Crippen LogP contribution in [0.4, 0.5) is 0 Å². The minimum atomic E-state index is -0.527. The Labute approximate surface area is 113 Å². The quantitative estimate of drug-likeness (QED) is 0.607. The summed E-state index contributed by atoms with van der Waals surface area (Å²) >= 11 is 0. The molecule has 0 amide bonds. The molecule has 0 aromatic heterocycles. The van der Waals surface area contributed by atoms with E-state index in [0.29, 0.717) is 5.75 Å². The second kappa shape index (κ2) is 4.92. The number of rotatable bonds is 2. The molecule has 0 N–H and O–H groups in total. The van der Waals surface area contributed by atoms with Crippen LogP contribution in [0.3, 0.4) is 0 Å². The monoisotopic (exact) mass is 258 g/mol. The van der Waals surface area contributed by atoms with E-state index in [-0.39, 0.29) is 5.97 Å². The maximum absolute atomic E-state index is 12.0. The van der Waals surface area contributed by atoms with E-state index in [1.54, 1.807) is 13.2 Å². The van der Waals surface area contributed by atoms with Crippen LogP contribution in [0.2, 0.25) is 0 Å². The SMILES string of the molecule is COc1ccc(OC(=O)C(C)(C)C)c2ccccc12. The Morgan fingerprint density at radius 2 is 1.47 bits per heavy atom. The number of ether oxygens (including phenoxy) is 2. The molecule has 0 heterocycles. The molecule has 100 valence electrons. The van der Waals surface area contributed by atoms with Crippen LogP contribution in [-0.4, -0.2) is 13.1 Å². The largest absolute Gasteiger partial charge is 0.496 e. The van der Waals surface area contributed by atoms with Gasteiger partial charge in [-0.1, -0.05) is 24.3 Å². The van der Waals surface area contributed by atoms with Gasteiger partial charge in [-0.15, -0.1) is 0 Å². The van der Waals surface area contributed by atoms with Crippen LogP contribution in [0.15, 0.2) is 36.4 Å². The predicted octanol–water partition coefficient (Wildman–Crippen LogP) is 3.80. The molecule has 0 saturated carbocycles. The zero-order chi connectivity index (χ0) is 14.0. The van der Waals surface area contributed by atoms with Gasteiger partial charge in [0.25, 0.3) is 0 Å². The minimum absolute atomic E-state index is 0.247. The van der Waals surface area contributed by atoms with Crippen LogP contribution in [0.1, 0.15) is 20.8 Å². The van der Waals surface area contributed by atoms with Crippen LogP contribution < -0.4 is 9.47 Å². The molecule has 0 aliphatic heterocycles. The van der Waals surface area contributed by atoms with Crippen molar-refractivity contribution in [3.8, 4) is 11.5 Å². The lowest BCUT2D eigenvalue weighted by atomic mass is 9.97. The lowest BCUT2D eigenvalue weighted by molar-refractivity contribution is -0.142. The Morgan fingerprint density at radius 1 is 0.947 bits per heavy atom. The van der Waals surface area contributed by atoms with Gasteiger partial charge >= 0.3 is 5.97 Å². The van der Waals surface area contributed by atoms with E-state index in [1.165, 1.54) is 0 Å². The Kier molecular flexibility index (Phi) is 3.47. The zero-order valence-electron chi connectivity index (χ0n) is 11.7. The molecule has 0 spiro atoms. The molecule has 2 aromatic carbocycles. The predicted molar refractivity (Wildman–Crippen MR) is 75.6 cm³/mol. The Bertz CT molecular complexity index is 609. The highest BCUT2D eigenvalue weighted by molar-refractivity contribution is 5.95. The molecule has 3 nitrogen and oxygen atoms in total. The highest BCUT2D eigenvalue weighted by Gasteiger charge is 2.24. The van der Waals surface area contributed by atoms with Crippen molar-refractivity contribution in [2.45, 2.75) is 20.8 Å². The lowest BCUT2D eigenvalue weighted by Crippen LogP contribution is -2.25. The summed E-state index contributed by atoms with van der Waals surface area (Å²) < 4.78 is 10.8. The Hall–Kier alpha value is -2.03. The summed E-state index contributed by atoms with van der Waals surface area (Å²) in [5, 5.41) is 1.81. The molecule has 0 aliphatic carbocycles. The molecule has 2 aromatic rings. The highest BCUT2D eigenvalue weighted by Crippen LogP contribution is 2.33. The van der Waals surface area contributed by atoms with E-state index in [1.807, 2.05) is 51.1 Å². The molecule has 0 radical (unpaired) electrons. The molecule has 2 rings (SSSR count). The summed E-state index contributed by atoms with van der Waals surface area (Å²) in [5.74, 6) is 1.09. The maximum atomic E-state index is 12.0. The minimum Gasteiger partial charge on any atom is -0.496 e. The molecule has 3 heteroatoms. The second-order valence-corrected chi connectivity index (χ2v) is 5.45. The van der Waals surface area contributed by atoms with E-state index in [9.17, 15) is 4.79 Å². The fourth-order valence-electron chi connectivity index (χ4n) is 1.76. The number of esters is 1. The molecule has 0 fully saturated rings. The number of methoxy groups -OCH3 is 1. The van der Waals surface area contributed by atoms with E-state index in [0.717, 1.165) is 16.5 Å². The fourth-order valence-corrected chi connectivity index (χ4v) is 1.76. The molecule has 0 atom stereocenters. The first-order valence-corrected chi connectivity index (χ1v) is 6.21. The fraction of sp³-hybridized carbons (Fsp3) is 0.312. The van der Waals surface area contributed by atoms with Crippen LogP contribution >= 0.6 is 0 Å². The van der Waals surface area contributed by atoms with Crippen molar-refractivity contribution in [3.63, 3.8) is 0 Å². The van der Waals surface area contributed by atoms with Crippen LogP contribution in [0.5, 0.6) is 11.5 Å². The first kappa shape index (κ1) is 13.4. The van der Waals surface area contributed by atoms with Crippen LogP contribution in [0.25, 0.3) is 10.8 Å². The number of hydrogen-bond acceptors (Lipinski definition) is 3. The van der Waals surface area contributed by atoms with Crippen molar-refractivity contribution >= 4 is 16.7 Å². The lowest BCUT2D eigenvalue weighted by Gasteiger charge is -2.17. The number of carbonyl (C=O) groups excluding carboxylic acids is 1. The standard InChI is InChI=1S/C16H18O3/c1-16(2,3)15(17)19-14-10-9-13(18-4)11-7-5-6-8-12(11)14/h5-10H,1-4H3. The molecular weight excluding hydrogens is 240 g/mol. The third-order valence-electron chi connectivity index (χ3n) is 2.88. The summed E-state index contributed by atoms with van der Waals surface area (Å²) in [6.45, 7) is 5.50. The van der Waals surface area contributed by atoms with E-state index in [4.69, 9.17) is 9.47 Å². The van der Waals surface area contributed by atoms with E-state index < -0.39 is 5.41 Å². The van der Waals surface area contributed by atoms with Crippen molar-refractivity contribution in [2.24, 2.45) is 5.41 Å². The van der Waals surface area contributed by atoms with Crippen molar-refractivity contribution in [3.05, 3.63) is 36.4 Å². The molecule has 0 unspecified atom stereocenters. The summed E-state index contributed by atoms with van der Waals surface area (Å²) in [7, 11) is 1.63. The van der Waals surface area contributed by atoms with Crippen LogP contribution in [-0.2, 0) is 4.79 Å². The average Bonchev–Trinajstić information content (AvgIpc) is 2.38. The molecule has 19 heavy (non-hydrogen) atoms. The van der Waals surface area contributed by atoms with Gasteiger partial charge in [0.1, 0.15) is 11.5 Å². The third kappa shape index (κ3) is 2.70. The van der Waals surface area contributed by atoms with Gasteiger partial charge in [0.2, 0.25) is 0 Å². The number of hydrogen-bond donors (Lipinski definition) is 0. The highest BCUT2D eigenvalue weighted by atomic mass is 16.5. The maximum Gasteiger partial charge on any atom is 0.316 e. The third-order valence-corrected chi connectivity index (χ3v) is 2.88. The van der Waals surface area contributed by atoms with Gasteiger partial charge in [-0.25, -0.2) is 0 Å². The van der Waals surface area contributed by atoms with Crippen molar-refractivity contribution in [1.29, 1.82) is 0 Å². The molecular formula is C16H18O3. The Morgan fingerprint density at radius 3 is 2.00 bits per heavy atom. The van der Waals surface area contributed by atoms with Gasteiger partial charge in [-0.3, -0.25) is 4.79 Å². The van der Waals surface area contributed by atoms with Gasteiger partial charge in [0, 0.05) is 10.8 Å². The van der Waals surface area contributed by atoms with Crippen molar-refractivity contribution in [1.82, 2.24) is 0 Å². The van der Waals surface area contributed by atoms with Gasteiger partial charge < -0.3 is 9.47 Å². The van der Waals surface area contributed by atoms with Gasteiger partial charge in [0.15, 0.2) is 0 Å². The second-order valence-electron chi connectivity index (χ2n) is 5.45. The van der Waals surface area contributed by atoms with Crippen LogP contribution in [0, 0.1) is 5.41 Å². The summed E-state index contributed by atoms with van der Waals surface area (Å²) in [6, 6.07) is 11.3. The molecule has 0 aliphatic rings. The van der Waals surface area contributed by atoms with Gasteiger partial charge in [-0.05, 0) is 32.9 Å². The van der Waals surface area contributed by atoms with Crippen molar-refractivity contribution in [2.75, 3.05) is 7.11 Å². The smallest absolute Gasteiger partial charge is 0.316 e. The van der Waals surface area contributed by atoms with Gasteiger partial charge in [0.05, 0.1) is 12.5 Å². The summed E-state index contributed by atoms with van der Waals surface area (Å²) in [5.41, 5.74) is -0.527.